The molecule has 116 valence electrons. The molecule has 1 aliphatic heterocycles. The molecule has 0 spiro atoms. The summed E-state index contributed by atoms with van der Waals surface area (Å²) in [5.74, 6) is 0. The number of ether oxygens (including phenoxy) is 1. The average Bonchev–Trinajstić information content (AvgIpc) is 2.84. The molecule has 4 N–H and O–H groups in total. The summed E-state index contributed by atoms with van der Waals surface area (Å²) in [4.78, 5) is 61.8. The normalized spacial score (nSPS) is 22.4. The van der Waals surface area contributed by atoms with Crippen molar-refractivity contribution in [3.8, 4) is 0 Å². The Balaban J connectivity index is 2.10. The highest BCUT2D eigenvalue weighted by atomic mass is 31.2. The summed E-state index contributed by atoms with van der Waals surface area (Å²) >= 11 is 0. The van der Waals surface area contributed by atoms with Crippen molar-refractivity contribution in [2.75, 3.05) is 6.61 Å². The summed E-state index contributed by atoms with van der Waals surface area (Å²) < 4.78 is 11.0. The molecule has 2 unspecified atom stereocenters. The minimum absolute atomic E-state index is 0.205. The van der Waals surface area contributed by atoms with Crippen molar-refractivity contribution in [2.45, 2.75) is 25.2 Å². The van der Waals surface area contributed by atoms with Crippen molar-refractivity contribution in [2.24, 2.45) is 0 Å². The monoisotopic (exact) mass is 321 g/mol. The van der Waals surface area contributed by atoms with Crippen LogP contribution in [0.1, 0.15) is 29.4 Å². The van der Waals surface area contributed by atoms with Gasteiger partial charge in [-0.3, -0.25) is 19.1 Å². The number of aromatic nitrogens is 2. The van der Waals surface area contributed by atoms with Gasteiger partial charge in [0.15, 0.2) is 6.29 Å². The SMILES string of the molecule is O=Cc1cn(C2CCC(CO[P+](O)(O)O)O2)c(=O)[nH]c1=O. The molecule has 0 radical (unpaired) electrons. The number of nitrogens with one attached hydrogen (secondary N) is 1. The maximum absolute atomic E-state index is 11.7. The van der Waals surface area contributed by atoms with Gasteiger partial charge in [0.1, 0.15) is 12.8 Å². The van der Waals surface area contributed by atoms with Crippen LogP contribution in [-0.4, -0.2) is 43.2 Å². The fourth-order valence-corrected chi connectivity index (χ4v) is 2.36. The summed E-state index contributed by atoms with van der Waals surface area (Å²) in [6.45, 7) is -0.258. The van der Waals surface area contributed by atoms with Crippen LogP contribution >= 0.6 is 8.17 Å². The Kier molecular flexibility index (Phi) is 4.67. The Morgan fingerprint density at radius 1 is 1.43 bits per heavy atom. The van der Waals surface area contributed by atoms with E-state index in [0.29, 0.717) is 19.1 Å². The standard InChI is InChI=1S/C10H13N2O8P/c13-4-6-3-12(10(15)11-9(6)14)8-2-1-7(20-8)5-19-21(16,17)18/h3-4,7-8,16-18H,1-2,5H2/p+1. The summed E-state index contributed by atoms with van der Waals surface area (Å²) in [6.07, 6.45) is 0.985. The van der Waals surface area contributed by atoms with Gasteiger partial charge in [-0.25, -0.2) is 4.79 Å². The lowest BCUT2D eigenvalue weighted by molar-refractivity contribution is -0.0271. The predicted molar refractivity (Wildman–Crippen MR) is 69.4 cm³/mol. The molecule has 2 heterocycles. The van der Waals surface area contributed by atoms with Gasteiger partial charge < -0.3 is 4.74 Å². The fraction of sp³-hybridized carbons (Fsp3) is 0.500. The smallest absolute Gasteiger partial charge is 0.352 e. The number of rotatable bonds is 5. The number of carbonyl (C=O) groups excluding carboxylic acids is 1. The first-order valence-electron chi connectivity index (χ1n) is 5.98. The van der Waals surface area contributed by atoms with E-state index in [-0.39, 0.29) is 12.2 Å². The Bertz CT molecular complexity index is 633. The van der Waals surface area contributed by atoms with Gasteiger partial charge in [0.2, 0.25) is 0 Å². The molecule has 21 heavy (non-hydrogen) atoms. The summed E-state index contributed by atoms with van der Waals surface area (Å²) in [5, 5.41) is 0. The van der Waals surface area contributed by atoms with E-state index in [1.54, 1.807) is 0 Å². The van der Waals surface area contributed by atoms with Gasteiger partial charge in [-0.2, -0.15) is 19.2 Å². The van der Waals surface area contributed by atoms with Gasteiger partial charge in [-0.05, 0) is 12.8 Å². The van der Waals surface area contributed by atoms with Crippen LogP contribution in [0.25, 0.3) is 0 Å². The minimum atomic E-state index is -4.33. The molecule has 0 bridgehead atoms. The molecule has 11 heteroatoms. The second kappa shape index (κ2) is 6.14. The van der Waals surface area contributed by atoms with Crippen molar-refractivity contribution < 1.29 is 28.7 Å². The number of nitrogens with zero attached hydrogens (tertiary/aromatic N) is 1. The van der Waals surface area contributed by atoms with E-state index >= 15 is 0 Å². The first-order chi connectivity index (χ1) is 9.80. The first kappa shape index (κ1) is 16.0. The third-order valence-corrected chi connectivity index (χ3v) is 3.45. The Hall–Kier alpha value is -1.42. The van der Waals surface area contributed by atoms with E-state index in [1.807, 2.05) is 4.98 Å². The molecule has 0 aromatic carbocycles. The third-order valence-electron chi connectivity index (χ3n) is 2.95. The van der Waals surface area contributed by atoms with E-state index < -0.39 is 31.8 Å². The topological polar surface area (TPSA) is 151 Å². The van der Waals surface area contributed by atoms with E-state index in [0.717, 1.165) is 10.8 Å². The molecule has 2 atom stereocenters. The second-order valence-corrected chi connectivity index (χ2v) is 5.75. The number of hydrogen-bond donors (Lipinski definition) is 4. The van der Waals surface area contributed by atoms with E-state index in [4.69, 9.17) is 19.4 Å². The highest BCUT2D eigenvalue weighted by Crippen LogP contribution is 2.46. The Morgan fingerprint density at radius 3 is 2.76 bits per heavy atom. The largest absolute Gasteiger partial charge is 0.567 e. The molecule has 1 aliphatic rings. The quantitative estimate of drug-likeness (QED) is 0.386. The zero-order valence-corrected chi connectivity index (χ0v) is 11.6. The van der Waals surface area contributed by atoms with Gasteiger partial charge in [0.25, 0.3) is 5.56 Å². The lowest BCUT2D eigenvalue weighted by Crippen LogP contribution is -2.34. The number of aldehydes is 1. The van der Waals surface area contributed by atoms with Crippen LogP contribution in [0.4, 0.5) is 0 Å². The zero-order chi connectivity index (χ0) is 15.6. The molecule has 1 saturated heterocycles. The van der Waals surface area contributed by atoms with Crippen LogP contribution in [0.15, 0.2) is 15.8 Å². The third kappa shape index (κ3) is 4.03. The molecule has 2 rings (SSSR count). The summed E-state index contributed by atoms with van der Waals surface area (Å²) in [6, 6.07) is 0. The van der Waals surface area contributed by atoms with Crippen LogP contribution in [-0.2, 0) is 9.26 Å². The average molecular weight is 321 g/mol. The van der Waals surface area contributed by atoms with Crippen LogP contribution in [0.3, 0.4) is 0 Å². The molecule has 1 aromatic heterocycles. The molecular weight excluding hydrogens is 307 g/mol. The van der Waals surface area contributed by atoms with Crippen molar-refractivity contribution in [1.82, 2.24) is 9.55 Å². The highest BCUT2D eigenvalue weighted by Gasteiger charge is 2.37. The van der Waals surface area contributed by atoms with Gasteiger partial charge in [-0.1, -0.05) is 0 Å². The Labute approximate surface area is 118 Å². The van der Waals surface area contributed by atoms with Gasteiger partial charge in [-0.15, -0.1) is 0 Å². The molecule has 0 saturated carbocycles. The highest BCUT2D eigenvalue weighted by molar-refractivity contribution is 7.53. The molecule has 0 amide bonds. The maximum Gasteiger partial charge on any atom is 0.567 e. The van der Waals surface area contributed by atoms with Gasteiger partial charge >= 0.3 is 13.9 Å². The predicted octanol–water partition coefficient (Wildman–Crippen LogP) is -1.30. The van der Waals surface area contributed by atoms with Crippen LogP contribution in [0, 0.1) is 0 Å². The van der Waals surface area contributed by atoms with E-state index in [2.05, 4.69) is 4.52 Å². The zero-order valence-electron chi connectivity index (χ0n) is 10.7. The fourth-order valence-electron chi connectivity index (χ4n) is 2.00. The van der Waals surface area contributed by atoms with E-state index in [1.165, 1.54) is 0 Å². The van der Waals surface area contributed by atoms with Crippen molar-refractivity contribution in [1.29, 1.82) is 0 Å². The van der Waals surface area contributed by atoms with Crippen molar-refractivity contribution >= 4 is 14.5 Å². The minimum Gasteiger partial charge on any atom is -0.352 e. The lowest BCUT2D eigenvalue weighted by atomic mass is 10.2. The summed E-state index contributed by atoms with van der Waals surface area (Å²) in [7, 11) is -4.33. The molecule has 0 aliphatic carbocycles. The van der Waals surface area contributed by atoms with Crippen LogP contribution < -0.4 is 11.2 Å². The Morgan fingerprint density at radius 2 is 2.14 bits per heavy atom. The number of aromatic amines is 1. The maximum atomic E-state index is 11.7. The molecule has 1 fully saturated rings. The second-order valence-electron chi connectivity index (χ2n) is 4.47. The van der Waals surface area contributed by atoms with Crippen molar-refractivity contribution in [3.05, 3.63) is 32.6 Å². The first-order valence-corrected chi connectivity index (χ1v) is 7.54. The number of hydrogen-bond acceptors (Lipinski definition) is 8. The number of carbonyl (C=O) groups is 1. The molecular formula is C10H14N2O8P+. The van der Waals surface area contributed by atoms with E-state index in [9.17, 15) is 14.4 Å². The molecule has 10 nitrogen and oxygen atoms in total. The van der Waals surface area contributed by atoms with Gasteiger partial charge in [0.05, 0.1) is 11.7 Å². The van der Waals surface area contributed by atoms with Gasteiger partial charge in [0, 0.05) is 6.20 Å². The van der Waals surface area contributed by atoms with Crippen LogP contribution in [0.2, 0.25) is 0 Å². The number of H-pyrrole nitrogens is 1. The van der Waals surface area contributed by atoms with Crippen molar-refractivity contribution in [3.63, 3.8) is 0 Å². The van der Waals surface area contributed by atoms with Crippen LogP contribution in [0.5, 0.6) is 0 Å². The summed E-state index contributed by atoms with van der Waals surface area (Å²) in [5.41, 5.74) is -1.70. The lowest BCUT2D eigenvalue weighted by Gasteiger charge is -2.15. The molecule has 1 aromatic rings.